The number of imidazole rings is 1. The number of anilines is 1. The lowest BCUT2D eigenvalue weighted by atomic mass is 9.87. The Morgan fingerprint density at radius 3 is 2.23 bits per heavy atom. The summed E-state index contributed by atoms with van der Waals surface area (Å²) < 4.78 is 1.93. The lowest BCUT2D eigenvalue weighted by molar-refractivity contribution is 0.0817. The number of nitrogens with two attached hydrogens (primary N) is 1. The third kappa shape index (κ3) is 3.12. The minimum absolute atomic E-state index is 0.0401. The van der Waals surface area contributed by atoms with Crippen molar-refractivity contribution in [2.45, 2.75) is 33.7 Å². The van der Waals surface area contributed by atoms with E-state index in [2.05, 4.69) is 32.7 Å². The molecular weight excluding hydrogens is 326 g/mol. The number of Topliss-reactive ketones (excluding diaryl/α,β-unsaturated/α-hetero) is 2. The third-order valence-corrected chi connectivity index (χ3v) is 4.86. The van der Waals surface area contributed by atoms with Crippen molar-refractivity contribution in [1.29, 1.82) is 0 Å². The van der Waals surface area contributed by atoms with Gasteiger partial charge < -0.3 is 10.3 Å². The Morgan fingerprint density at radius 1 is 1.00 bits per heavy atom. The van der Waals surface area contributed by atoms with Gasteiger partial charge in [-0.05, 0) is 30.5 Å². The average molecular weight is 349 g/mol. The molecule has 2 N–H and O–H groups in total. The van der Waals surface area contributed by atoms with E-state index in [1.807, 2.05) is 10.6 Å². The van der Waals surface area contributed by atoms with Crippen LogP contribution in [0.4, 0.5) is 5.95 Å². The number of fused-ring (bicyclic) bond motifs is 1. The zero-order valence-electron chi connectivity index (χ0n) is 15.5. The standard InChI is InChI=1S/C21H23N3O2/c1-13(21(2,3)4)24-17-12-15(10-11-16(17)23-20(24)22)19(26)18(25)14-8-6-5-7-9-14/h5-13H,1-4H3,(H2,22,23)/t13-/m0/s1. The van der Waals surface area contributed by atoms with Gasteiger partial charge in [0.1, 0.15) is 0 Å². The molecule has 134 valence electrons. The first kappa shape index (κ1) is 17.9. The molecule has 3 rings (SSSR count). The van der Waals surface area contributed by atoms with Crippen LogP contribution in [-0.4, -0.2) is 21.1 Å². The Kier molecular flexibility index (Phi) is 4.40. The van der Waals surface area contributed by atoms with Crippen LogP contribution in [0.15, 0.2) is 48.5 Å². The van der Waals surface area contributed by atoms with Gasteiger partial charge in [0.15, 0.2) is 0 Å². The minimum Gasteiger partial charge on any atom is -0.369 e. The Morgan fingerprint density at radius 2 is 1.62 bits per heavy atom. The summed E-state index contributed by atoms with van der Waals surface area (Å²) in [5.41, 5.74) is 8.28. The van der Waals surface area contributed by atoms with Crippen LogP contribution in [0, 0.1) is 5.41 Å². The van der Waals surface area contributed by atoms with Gasteiger partial charge in [0.05, 0.1) is 11.0 Å². The van der Waals surface area contributed by atoms with Crippen LogP contribution in [-0.2, 0) is 0 Å². The number of hydrogen-bond acceptors (Lipinski definition) is 4. The van der Waals surface area contributed by atoms with Gasteiger partial charge in [-0.25, -0.2) is 4.98 Å². The van der Waals surface area contributed by atoms with Crippen LogP contribution in [0.1, 0.15) is 54.5 Å². The van der Waals surface area contributed by atoms with Gasteiger partial charge in [0.2, 0.25) is 17.5 Å². The maximum atomic E-state index is 12.7. The summed E-state index contributed by atoms with van der Waals surface area (Å²) in [5.74, 6) is -0.651. The molecule has 0 aliphatic carbocycles. The van der Waals surface area contributed by atoms with Crippen molar-refractivity contribution in [3.05, 3.63) is 59.7 Å². The van der Waals surface area contributed by atoms with Gasteiger partial charge >= 0.3 is 0 Å². The van der Waals surface area contributed by atoms with Crippen LogP contribution in [0.5, 0.6) is 0 Å². The lowest BCUT2D eigenvalue weighted by Gasteiger charge is -2.29. The van der Waals surface area contributed by atoms with Gasteiger partial charge in [-0.1, -0.05) is 51.1 Å². The van der Waals surface area contributed by atoms with Gasteiger partial charge in [-0.3, -0.25) is 9.59 Å². The maximum Gasteiger partial charge on any atom is 0.233 e. The average Bonchev–Trinajstić information content (AvgIpc) is 2.94. The summed E-state index contributed by atoms with van der Waals surface area (Å²) in [5, 5.41) is 0. The Labute approximate surface area is 152 Å². The van der Waals surface area contributed by atoms with Crippen LogP contribution in [0.3, 0.4) is 0 Å². The van der Waals surface area contributed by atoms with E-state index in [0.717, 1.165) is 5.52 Å². The first-order valence-electron chi connectivity index (χ1n) is 8.61. The van der Waals surface area contributed by atoms with E-state index in [1.54, 1.807) is 42.5 Å². The third-order valence-electron chi connectivity index (χ3n) is 4.86. The van der Waals surface area contributed by atoms with E-state index in [4.69, 9.17) is 5.73 Å². The summed E-state index contributed by atoms with van der Waals surface area (Å²) in [6.07, 6.45) is 0. The van der Waals surface area contributed by atoms with Crippen LogP contribution in [0.25, 0.3) is 11.0 Å². The number of carbonyl (C=O) groups excluding carboxylic acids is 2. The highest BCUT2D eigenvalue weighted by Gasteiger charge is 2.26. The molecule has 0 fully saturated rings. The number of benzene rings is 2. The topological polar surface area (TPSA) is 78.0 Å². The molecule has 0 saturated heterocycles. The molecule has 1 heterocycles. The Balaban J connectivity index is 2.06. The first-order valence-corrected chi connectivity index (χ1v) is 8.61. The van der Waals surface area contributed by atoms with Gasteiger partial charge in [0, 0.05) is 17.2 Å². The van der Waals surface area contributed by atoms with E-state index in [9.17, 15) is 9.59 Å². The van der Waals surface area contributed by atoms with Gasteiger partial charge in [-0.2, -0.15) is 0 Å². The summed E-state index contributed by atoms with van der Waals surface area (Å²) in [7, 11) is 0. The number of nitrogen functional groups attached to an aromatic ring is 1. The fraction of sp³-hybridized carbons (Fsp3) is 0.286. The number of rotatable bonds is 4. The van der Waals surface area contributed by atoms with Crippen molar-refractivity contribution in [3.8, 4) is 0 Å². The maximum absolute atomic E-state index is 12.7. The number of hydrogen-bond donors (Lipinski definition) is 1. The molecule has 0 amide bonds. The van der Waals surface area contributed by atoms with Crippen LogP contribution < -0.4 is 5.73 Å². The largest absolute Gasteiger partial charge is 0.369 e. The summed E-state index contributed by atoms with van der Waals surface area (Å²) in [4.78, 5) is 29.5. The highest BCUT2D eigenvalue weighted by molar-refractivity contribution is 6.49. The molecule has 5 nitrogen and oxygen atoms in total. The second-order valence-corrected chi connectivity index (χ2v) is 7.61. The van der Waals surface area contributed by atoms with Crippen molar-refractivity contribution in [3.63, 3.8) is 0 Å². The molecular formula is C21H23N3O2. The Bertz CT molecular complexity index is 982. The molecule has 26 heavy (non-hydrogen) atoms. The number of aromatic nitrogens is 2. The second kappa shape index (κ2) is 6.41. The fourth-order valence-electron chi connectivity index (χ4n) is 2.90. The first-order chi connectivity index (χ1) is 12.2. The molecule has 3 aromatic rings. The van der Waals surface area contributed by atoms with Crippen molar-refractivity contribution in [2.24, 2.45) is 5.41 Å². The number of nitrogens with zero attached hydrogens (tertiary/aromatic N) is 2. The van der Waals surface area contributed by atoms with E-state index >= 15 is 0 Å². The molecule has 0 radical (unpaired) electrons. The zero-order valence-corrected chi connectivity index (χ0v) is 15.5. The normalized spacial score (nSPS) is 12.9. The molecule has 0 spiro atoms. The van der Waals surface area contributed by atoms with E-state index in [0.29, 0.717) is 22.6 Å². The predicted octanol–water partition coefficient (Wildman–Crippen LogP) is 4.29. The smallest absolute Gasteiger partial charge is 0.233 e. The van der Waals surface area contributed by atoms with Gasteiger partial charge in [-0.15, -0.1) is 0 Å². The summed E-state index contributed by atoms with van der Waals surface area (Å²) >= 11 is 0. The van der Waals surface area contributed by atoms with Crippen LogP contribution >= 0.6 is 0 Å². The molecule has 1 aromatic heterocycles. The quantitative estimate of drug-likeness (QED) is 0.563. The van der Waals surface area contributed by atoms with Crippen molar-refractivity contribution in [2.75, 3.05) is 5.73 Å². The fourth-order valence-corrected chi connectivity index (χ4v) is 2.90. The predicted molar refractivity (Wildman–Crippen MR) is 103 cm³/mol. The Hall–Kier alpha value is -2.95. The number of ketones is 2. The summed E-state index contributed by atoms with van der Waals surface area (Å²) in [6.45, 7) is 8.44. The van der Waals surface area contributed by atoms with E-state index in [1.165, 1.54) is 0 Å². The summed E-state index contributed by atoms with van der Waals surface area (Å²) in [6, 6.07) is 13.7. The van der Waals surface area contributed by atoms with Crippen molar-refractivity contribution < 1.29 is 9.59 Å². The van der Waals surface area contributed by atoms with Crippen molar-refractivity contribution >= 4 is 28.5 Å². The highest BCUT2D eigenvalue weighted by Crippen LogP contribution is 2.35. The molecule has 2 aromatic carbocycles. The highest BCUT2D eigenvalue weighted by atomic mass is 16.2. The molecule has 0 aliphatic heterocycles. The van der Waals surface area contributed by atoms with Crippen molar-refractivity contribution in [1.82, 2.24) is 9.55 Å². The van der Waals surface area contributed by atoms with Gasteiger partial charge in [0.25, 0.3) is 0 Å². The zero-order chi connectivity index (χ0) is 19.1. The molecule has 0 unspecified atom stereocenters. The van der Waals surface area contributed by atoms with E-state index in [-0.39, 0.29) is 11.5 Å². The monoisotopic (exact) mass is 349 g/mol. The molecule has 0 bridgehead atoms. The van der Waals surface area contributed by atoms with E-state index < -0.39 is 11.6 Å². The molecule has 0 saturated carbocycles. The lowest BCUT2D eigenvalue weighted by Crippen LogP contribution is -2.23. The molecule has 5 heteroatoms. The SMILES string of the molecule is C[C@H](n1c(N)nc2ccc(C(=O)C(=O)c3ccccc3)cc21)C(C)(C)C. The molecule has 1 atom stereocenters. The second-order valence-electron chi connectivity index (χ2n) is 7.61. The number of carbonyl (C=O) groups is 2. The van der Waals surface area contributed by atoms with Crippen LogP contribution in [0.2, 0.25) is 0 Å². The minimum atomic E-state index is -0.534. The molecule has 0 aliphatic rings.